The average Bonchev–Trinajstić information content (AvgIpc) is 4.01. The van der Waals surface area contributed by atoms with Crippen LogP contribution >= 0.6 is 0 Å². The molecule has 3 amide bonds. The summed E-state index contributed by atoms with van der Waals surface area (Å²) in [5.41, 5.74) is 0. The summed E-state index contributed by atoms with van der Waals surface area (Å²) in [6.07, 6.45) is 19.2. The molecule has 6 bridgehead atoms. The Hall–Kier alpha value is -2.61. The van der Waals surface area contributed by atoms with E-state index in [2.05, 4.69) is 52.4 Å². The molecule has 51 heavy (non-hydrogen) atoms. The third kappa shape index (κ3) is 11.4. The van der Waals surface area contributed by atoms with Crippen LogP contribution in [0.2, 0.25) is 0 Å². The molecule has 0 spiro atoms. The largest absolute Gasteiger partial charge is 0.377 e. The third-order valence-corrected chi connectivity index (χ3v) is 11.4. The molecule has 3 fully saturated rings. The Morgan fingerprint density at radius 1 is 0.451 bits per heavy atom. The fourth-order valence-corrected chi connectivity index (χ4v) is 8.77. The van der Waals surface area contributed by atoms with Gasteiger partial charge in [-0.25, -0.2) is 0 Å². The van der Waals surface area contributed by atoms with E-state index in [0.717, 1.165) is 38.5 Å². The van der Waals surface area contributed by atoms with Gasteiger partial charge >= 0.3 is 0 Å². The Bertz CT molecular complexity index is 1160. The number of carbonyl (C=O) groups is 3. The molecule has 0 radical (unpaired) electrons. The fraction of sp³-hybridized carbons (Fsp3) is 0.769. The summed E-state index contributed by atoms with van der Waals surface area (Å²) in [5.74, 6) is 3.64. The van der Waals surface area contributed by atoms with Gasteiger partial charge < -0.3 is 44.4 Å². The summed E-state index contributed by atoms with van der Waals surface area (Å²) in [7, 11) is 0. The second kappa shape index (κ2) is 20.0. The molecule has 9 atom stereocenters. The van der Waals surface area contributed by atoms with Crippen molar-refractivity contribution in [3.05, 3.63) is 36.5 Å². The lowest BCUT2D eigenvalue weighted by Gasteiger charge is -2.19. The number of amides is 3. The average molecular weight is 714 g/mol. The number of allylic oxidation sites excluding steroid dienone is 6. The maximum Gasteiger partial charge on any atom is 0.223 e. The number of fused-ring (bicyclic) bond motifs is 6. The molecule has 3 N–H and O–H groups in total. The quantitative estimate of drug-likeness (QED) is 0.0911. The first-order valence-electron chi connectivity index (χ1n) is 19.4. The molecule has 0 saturated heterocycles. The minimum Gasteiger partial charge on any atom is -0.377 e. The number of nitrogens with one attached hydrogen (secondary N) is 3. The van der Waals surface area contributed by atoms with Crippen LogP contribution in [0.3, 0.4) is 0 Å². The molecule has 6 aliphatic carbocycles. The van der Waals surface area contributed by atoms with Crippen LogP contribution in [0.4, 0.5) is 0 Å². The second-order valence-corrected chi connectivity index (χ2v) is 15.0. The Morgan fingerprint density at radius 3 is 1.14 bits per heavy atom. The lowest BCUT2D eigenvalue weighted by molar-refractivity contribution is -0.126. The maximum atomic E-state index is 12.5. The van der Waals surface area contributed by atoms with Gasteiger partial charge in [-0.3, -0.25) is 14.4 Å². The molecule has 6 aliphatic rings. The molecule has 0 aromatic carbocycles. The zero-order valence-electron chi connectivity index (χ0n) is 30.1. The van der Waals surface area contributed by atoms with Crippen molar-refractivity contribution in [3.8, 4) is 0 Å². The van der Waals surface area contributed by atoms with Crippen molar-refractivity contribution in [2.45, 2.75) is 44.6 Å². The summed E-state index contributed by atoms with van der Waals surface area (Å²) in [4.78, 5) is 37.4. The van der Waals surface area contributed by atoms with Gasteiger partial charge in [-0.15, -0.1) is 0 Å². The molecule has 12 heteroatoms. The van der Waals surface area contributed by atoms with E-state index in [9.17, 15) is 14.4 Å². The van der Waals surface area contributed by atoms with Gasteiger partial charge in [-0.2, -0.15) is 0 Å². The lowest BCUT2D eigenvalue weighted by Crippen LogP contribution is -2.35. The van der Waals surface area contributed by atoms with Crippen LogP contribution in [0.1, 0.15) is 38.5 Å². The van der Waals surface area contributed by atoms with E-state index in [1.165, 1.54) is 0 Å². The number of ether oxygens (including phenoxy) is 6. The van der Waals surface area contributed by atoms with E-state index in [0.29, 0.717) is 128 Å². The Morgan fingerprint density at radius 2 is 0.804 bits per heavy atom. The first-order chi connectivity index (χ1) is 25.0. The van der Waals surface area contributed by atoms with Crippen molar-refractivity contribution < 1.29 is 42.8 Å². The van der Waals surface area contributed by atoms with Gasteiger partial charge in [0.05, 0.1) is 72.7 Å². The van der Waals surface area contributed by atoms with Crippen molar-refractivity contribution in [1.82, 2.24) is 16.0 Å². The van der Waals surface area contributed by atoms with Crippen LogP contribution in [0.15, 0.2) is 36.5 Å². The van der Waals surface area contributed by atoms with E-state index in [-0.39, 0.29) is 41.6 Å². The van der Waals surface area contributed by atoms with Crippen LogP contribution < -0.4 is 16.0 Å². The van der Waals surface area contributed by atoms with E-state index in [1.54, 1.807) is 0 Å². The molecule has 6 rings (SSSR count). The summed E-state index contributed by atoms with van der Waals surface area (Å²) < 4.78 is 34.7. The molecule has 9 unspecified atom stereocenters. The van der Waals surface area contributed by atoms with Gasteiger partial charge in [0.15, 0.2) is 0 Å². The Kier molecular flexibility index (Phi) is 15.0. The predicted molar refractivity (Wildman–Crippen MR) is 189 cm³/mol. The van der Waals surface area contributed by atoms with E-state index in [4.69, 9.17) is 28.4 Å². The normalized spacial score (nSPS) is 31.2. The summed E-state index contributed by atoms with van der Waals surface area (Å²) >= 11 is 0. The number of carbonyl (C=O) groups excluding carboxylic acids is 3. The second-order valence-electron chi connectivity index (χ2n) is 15.0. The number of hydrogen-bond acceptors (Lipinski definition) is 9. The molecule has 0 aromatic rings. The van der Waals surface area contributed by atoms with E-state index in [1.807, 2.05) is 0 Å². The lowest BCUT2D eigenvalue weighted by atomic mass is 9.93. The first kappa shape index (κ1) is 38.1. The molecule has 3 saturated carbocycles. The van der Waals surface area contributed by atoms with E-state index < -0.39 is 0 Å². The van der Waals surface area contributed by atoms with Crippen molar-refractivity contribution in [1.29, 1.82) is 0 Å². The molecule has 284 valence electrons. The highest BCUT2D eigenvalue weighted by Gasteiger charge is 2.41. The molecular formula is C39H59N3O9. The predicted octanol–water partition coefficient (Wildman–Crippen LogP) is 2.44. The van der Waals surface area contributed by atoms with Gasteiger partial charge in [-0.1, -0.05) is 36.5 Å². The topological polar surface area (TPSA) is 143 Å². The van der Waals surface area contributed by atoms with Gasteiger partial charge in [-0.05, 0) is 74.0 Å². The van der Waals surface area contributed by atoms with E-state index >= 15 is 0 Å². The van der Waals surface area contributed by atoms with Crippen LogP contribution in [-0.4, -0.2) is 116 Å². The minimum atomic E-state index is -0.302. The minimum absolute atomic E-state index is 0.102. The highest BCUT2D eigenvalue weighted by Crippen LogP contribution is 2.45. The highest BCUT2D eigenvalue weighted by molar-refractivity contribution is 5.81. The SMILES string of the molecule is O=C(NCCOCCOCC(COCCOCCNC(=O)C1CC2C=CC1C2)OCCOCCNC(=O)C1CC2C=CC1C2)C1CC2C=CC1C2. The standard InChI is InChI=1S/C39H59N3O9/c43-37(34-22-27-1-4-30(34)19-27)40-7-10-46-13-15-49-25-33(51-18-17-48-12-9-42-39(45)36-24-29-3-6-32(36)21-29)26-50-16-14-47-11-8-41-38(44)35-23-28-2-5-31(35)20-28/h1-6,27-36H,7-26H2,(H,40,43)(H,41,44)(H,42,45). The molecule has 0 aliphatic heterocycles. The Labute approximate surface area is 302 Å². The smallest absolute Gasteiger partial charge is 0.223 e. The highest BCUT2D eigenvalue weighted by atomic mass is 16.6. The summed E-state index contributed by atoms with van der Waals surface area (Å²) in [5, 5.41) is 9.03. The fourth-order valence-electron chi connectivity index (χ4n) is 8.77. The van der Waals surface area contributed by atoms with Crippen LogP contribution in [0.5, 0.6) is 0 Å². The zero-order valence-corrected chi connectivity index (χ0v) is 30.1. The van der Waals surface area contributed by atoms with Crippen LogP contribution in [0.25, 0.3) is 0 Å². The monoisotopic (exact) mass is 713 g/mol. The third-order valence-electron chi connectivity index (χ3n) is 11.4. The number of hydrogen-bond donors (Lipinski definition) is 3. The van der Waals surface area contributed by atoms with Crippen LogP contribution in [0, 0.1) is 53.3 Å². The maximum absolute atomic E-state index is 12.5. The van der Waals surface area contributed by atoms with Crippen molar-refractivity contribution in [2.24, 2.45) is 53.3 Å². The van der Waals surface area contributed by atoms with Gasteiger partial charge in [0.2, 0.25) is 17.7 Å². The zero-order chi connectivity index (χ0) is 35.3. The van der Waals surface area contributed by atoms with Crippen molar-refractivity contribution >= 4 is 17.7 Å². The van der Waals surface area contributed by atoms with Crippen molar-refractivity contribution in [3.63, 3.8) is 0 Å². The first-order valence-corrected chi connectivity index (χ1v) is 19.4. The van der Waals surface area contributed by atoms with Gasteiger partial charge in [0.1, 0.15) is 6.10 Å². The van der Waals surface area contributed by atoms with Gasteiger partial charge in [0.25, 0.3) is 0 Å². The van der Waals surface area contributed by atoms with Crippen LogP contribution in [-0.2, 0) is 42.8 Å². The van der Waals surface area contributed by atoms with Gasteiger partial charge in [0, 0.05) is 37.4 Å². The molecule has 0 heterocycles. The molecule has 12 nitrogen and oxygen atoms in total. The summed E-state index contributed by atoms with van der Waals surface area (Å²) in [6.45, 7) is 5.81. The molecule has 0 aromatic heterocycles. The Balaban J connectivity index is 0.784. The van der Waals surface area contributed by atoms with Crippen molar-refractivity contribution in [2.75, 3.05) is 92.3 Å². The number of rotatable bonds is 26. The summed E-state index contributed by atoms with van der Waals surface area (Å²) in [6, 6.07) is 0. The molecular weight excluding hydrogens is 654 g/mol.